The lowest BCUT2D eigenvalue weighted by molar-refractivity contribution is 0.373. The van der Waals surface area contributed by atoms with Gasteiger partial charge >= 0.3 is 6.01 Å². The number of hydrogen-bond donors (Lipinski definition) is 0. The number of hydrogen-bond acceptors (Lipinski definition) is 4. The third-order valence-electron chi connectivity index (χ3n) is 2.49. The van der Waals surface area contributed by atoms with Crippen LogP contribution in [-0.4, -0.2) is 17.1 Å². The van der Waals surface area contributed by atoms with Gasteiger partial charge in [0.05, 0.1) is 17.8 Å². The summed E-state index contributed by atoms with van der Waals surface area (Å²) in [4.78, 5) is 8.20. The van der Waals surface area contributed by atoms with E-state index in [1.807, 2.05) is 13.0 Å². The van der Waals surface area contributed by atoms with Crippen LogP contribution in [0, 0.1) is 0 Å². The third-order valence-corrected chi connectivity index (χ3v) is 3.40. The van der Waals surface area contributed by atoms with Crippen LogP contribution in [0.25, 0.3) is 0 Å². The smallest absolute Gasteiger partial charge is 0.325 e. The van der Waals surface area contributed by atoms with Gasteiger partial charge in [-0.1, -0.05) is 18.5 Å². The molecule has 1 aromatic heterocycles. The molecule has 19 heavy (non-hydrogen) atoms. The van der Waals surface area contributed by atoms with Crippen LogP contribution >= 0.6 is 27.5 Å². The molecular formula is C13H12BrClN2O2. The number of rotatable bonds is 4. The van der Waals surface area contributed by atoms with Crippen LogP contribution < -0.4 is 9.47 Å². The topological polar surface area (TPSA) is 44.2 Å². The van der Waals surface area contributed by atoms with Gasteiger partial charge in [0.15, 0.2) is 0 Å². The lowest BCUT2D eigenvalue weighted by atomic mass is 10.1. The highest BCUT2D eigenvalue weighted by Gasteiger charge is 2.08. The Bertz CT molecular complexity index is 541. The van der Waals surface area contributed by atoms with Gasteiger partial charge in [0.2, 0.25) is 5.88 Å². The zero-order valence-electron chi connectivity index (χ0n) is 10.5. The minimum absolute atomic E-state index is 0.226. The predicted molar refractivity (Wildman–Crippen MR) is 77.2 cm³/mol. The number of benzene rings is 1. The summed E-state index contributed by atoms with van der Waals surface area (Å²) in [6, 6.07) is 5.68. The highest BCUT2D eigenvalue weighted by molar-refractivity contribution is 9.10. The molecule has 0 N–H and O–H groups in total. The van der Waals surface area contributed by atoms with Gasteiger partial charge in [-0.25, -0.2) is 4.98 Å². The van der Waals surface area contributed by atoms with Crippen molar-refractivity contribution in [2.75, 3.05) is 7.11 Å². The largest absolute Gasteiger partial charge is 0.480 e. The van der Waals surface area contributed by atoms with Crippen LogP contribution in [0.15, 0.2) is 28.9 Å². The molecule has 0 atom stereocenters. The van der Waals surface area contributed by atoms with Gasteiger partial charge < -0.3 is 9.47 Å². The van der Waals surface area contributed by atoms with Crippen molar-refractivity contribution in [1.29, 1.82) is 0 Å². The van der Waals surface area contributed by atoms with E-state index >= 15 is 0 Å². The lowest BCUT2D eigenvalue weighted by Crippen LogP contribution is -1.96. The SMILES string of the molecule is CCc1cc(Oc2ncc(Br)c(OC)n2)ccc1Cl. The Labute approximate surface area is 124 Å². The molecule has 0 unspecified atom stereocenters. The number of nitrogens with zero attached hydrogens (tertiary/aromatic N) is 2. The molecule has 0 aliphatic heterocycles. The summed E-state index contributed by atoms with van der Waals surface area (Å²) in [6.45, 7) is 2.03. The van der Waals surface area contributed by atoms with Crippen LogP contribution in [0.2, 0.25) is 5.02 Å². The van der Waals surface area contributed by atoms with E-state index in [-0.39, 0.29) is 6.01 Å². The van der Waals surface area contributed by atoms with E-state index in [4.69, 9.17) is 21.1 Å². The second-order valence-electron chi connectivity index (χ2n) is 3.72. The standard InChI is InChI=1S/C13H12BrClN2O2/c1-3-8-6-9(4-5-11(8)15)19-13-16-7-10(14)12(17-13)18-2/h4-7H,3H2,1-2H3. The summed E-state index contributed by atoms with van der Waals surface area (Å²) in [7, 11) is 1.54. The second-order valence-corrected chi connectivity index (χ2v) is 4.98. The molecule has 0 spiro atoms. The fraction of sp³-hybridized carbons (Fsp3) is 0.231. The summed E-state index contributed by atoms with van der Waals surface area (Å²) in [6.07, 6.45) is 2.42. The van der Waals surface area contributed by atoms with Crippen LogP contribution in [0.5, 0.6) is 17.6 Å². The van der Waals surface area contributed by atoms with Gasteiger partial charge in [-0.2, -0.15) is 4.98 Å². The maximum atomic E-state index is 6.05. The summed E-state index contributed by atoms with van der Waals surface area (Å²) in [5.74, 6) is 1.07. The van der Waals surface area contributed by atoms with Gasteiger partial charge in [-0.05, 0) is 46.1 Å². The van der Waals surface area contributed by atoms with Crippen molar-refractivity contribution in [3.63, 3.8) is 0 Å². The summed E-state index contributed by atoms with van der Waals surface area (Å²) >= 11 is 9.34. The molecule has 100 valence electrons. The second kappa shape index (κ2) is 6.21. The van der Waals surface area contributed by atoms with E-state index < -0.39 is 0 Å². The van der Waals surface area contributed by atoms with Crippen LogP contribution in [0.4, 0.5) is 0 Å². The molecule has 0 amide bonds. The van der Waals surface area contributed by atoms with Crippen molar-refractivity contribution in [2.24, 2.45) is 0 Å². The molecule has 0 aliphatic carbocycles. The molecular weight excluding hydrogens is 332 g/mol. The molecule has 0 saturated heterocycles. The maximum absolute atomic E-state index is 6.05. The van der Waals surface area contributed by atoms with Gasteiger partial charge in [0.1, 0.15) is 5.75 Å². The first-order chi connectivity index (χ1) is 9.13. The van der Waals surface area contributed by atoms with Gasteiger partial charge in [-0.15, -0.1) is 0 Å². The molecule has 0 bridgehead atoms. The van der Waals surface area contributed by atoms with Crippen LogP contribution in [0.3, 0.4) is 0 Å². The average Bonchev–Trinajstić information content (AvgIpc) is 2.43. The van der Waals surface area contributed by atoms with Crippen molar-refractivity contribution < 1.29 is 9.47 Å². The van der Waals surface area contributed by atoms with Crippen LogP contribution in [0.1, 0.15) is 12.5 Å². The Balaban J connectivity index is 2.25. The van der Waals surface area contributed by atoms with Crippen LogP contribution in [-0.2, 0) is 6.42 Å². The third kappa shape index (κ3) is 3.36. The molecule has 2 rings (SSSR count). The van der Waals surface area contributed by atoms with Gasteiger partial charge in [0.25, 0.3) is 0 Å². The van der Waals surface area contributed by atoms with Crippen molar-refractivity contribution in [1.82, 2.24) is 9.97 Å². The quantitative estimate of drug-likeness (QED) is 0.832. The fourth-order valence-electron chi connectivity index (χ4n) is 1.52. The van der Waals surface area contributed by atoms with E-state index in [1.54, 1.807) is 18.3 Å². The van der Waals surface area contributed by atoms with E-state index in [9.17, 15) is 0 Å². The Morgan fingerprint density at radius 1 is 1.37 bits per heavy atom. The Hall–Kier alpha value is -1.33. The summed E-state index contributed by atoms with van der Waals surface area (Å²) in [5, 5.41) is 0.726. The fourth-order valence-corrected chi connectivity index (χ4v) is 2.12. The molecule has 2 aromatic rings. The molecule has 4 nitrogen and oxygen atoms in total. The Kier molecular flexibility index (Phi) is 4.61. The van der Waals surface area contributed by atoms with Crippen molar-refractivity contribution >= 4 is 27.5 Å². The Morgan fingerprint density at radius 3 is 2.84 bits per heavy atom. The van der Waals surface area contributed by atoms with E-state index in [1.165, 1.54) is 7.11 Å². The Morgan fingerprint density at radius 2 is 2.16 bits per heavy atom. The van der Waals surface area contributed by atoms with E-state index in [2.05, 4.69) is 25.9 Å². The highest BCUT2D eigenvalue weighted by Crippen LogP contribution is 2.28. The first kappa shape index (κ1) is 14.1. The lowest BCUT2D eigenvalue weighted by Gasteiger charge is -2.08. The van der Waals surface area contributed by atoms with Gasteiger partial charge in [-0.3, -0.25) is 0 Å². The average molecular weight is 344 g/mol. The predicted octanol–water partition coefficient (Wildman–Crippen LogP) is 4.26. The maximum Gasteiger partial charge on any atom is 0.325 e. The number of ether oxygens (including phenoxy) is 2. The molecule has 0 saturated carbocycles. The molecule has 6 heteroatoms. The minimum atomic E-state index is 0.226. The van der Waals surface area contributed by atoms with Gasteiger partial charge in [0, 0.05) is 5.02 Å². The zero-order chi connectivity index (χ0) is 13.8. The molecule has 0 radical (unpaired) electrons. The number of methoxy groups -OCH3 is 1. The first-order valence-corrected chi connectivity index (χ1v) is 6.84. The van der Waals surface area contributed by atoms with Crippen molar-refractivity contribution in [3.05, 3.63) is 39.5 Å². The normalized spacial score (nSPS) is 10.3. The highest BCUT2D eigenvalue weighted by atomic mass is 79.9. The first-order valence-electron chi connectivity index (χ1n) is 5.66. The summed E-state index contributed by atoms with van der Waals surface area (Å²) < 4.78 is 11.4. The van der Waals surface area contributed by atoms with Crippen molar-refractivity contribution in [2.45, 2.75) is 13.3 Å². The number of aryl methyl sites for hydroxylation is 1. The van der Waals surface area contributed by atoms with Crippen molar-refractivity contribution in [3.8, 4) is 17.6 Å². The molecule has 1 heterocycles. The van der Waals surface area contributed by atoms with E-state index in [0.29, 0.717) is 16.1 Å². The molecule has 1 aromatic carbocycles. The van der Waals surface area contributed by atoms with E-state index in [0.717, 1.165) is 17.0 Å². The molecule has 0 aliphatic rings. The summed E-state index contributed by atoms with van der Waals surface area (Å²) in [5.41, 5.74) is 1.02. The monoisotopic (exact) mass is 342 g/mol. The number of aromatic nitrogens is 2. The molecule has 0 fully saturated rings. The number of halogens is 2. The zero-order valence-corrected chi connectivity index (χ0v) is 12.8. The minimum Gasteiger partial charge on any atom is -0.480 e.